The topological polar surface area (TPSA) is 101 Å². The van der Waals surface area contributed by atoms with Crippen LogP contribution in [-0.4, -0.2) is 102 Å². The van der Waals surface area contributed by atoms with Gasteiger partial charge in [0.1, 0.15) is 0 Å². The summed E-state index contributed by atoms with van der Waals surface area (Å²) < 4.78 is 63.5. The fourth-order valence-electron chi connectivity index (χ4n) is 6.14. The summed E-state index contributed by atoms with van der Waals surface area (Å²) in [6, 6.07) is 4.52. The van der Waals surface area contributed by atoms with E-state index in [4.69, 9.17) is 19.8 Å². The monoisotopic (exact) mass is 603 g/mol. The molecule has 3 heterocycles. The van der Waals surface area contributed by atoms with Crippen LogP contribution >= 0.6 is 11.3 Å². The maximum absolute atomic E-state index is 13.1. The maximum atomic E-state index is 13.1. The molecule has 40 heavy (non-hydrogen) atoms. The van der Waals surface area contributed by atoms with Crippen LogP contribution < -0.4 is 0 Å². The lowest BCUT2D eigenvalue weighted by molar-refractivity contribution is -0.193. The molecule has 1 amide bonds. The molecule has 1 aromatic rings. The number of thiophene rings is 1. The van der Waals surface area contributed by atoms with Crippen LogP contribution in [0.15, 0.2) is 12.1 Å². The Balaban J connectivity index is 0.000000333. The number of halogens is 6. The largest absolute Gasteiger partial charge is 0.490 e. The van der Waals surface area contributed by atoms with Crippen molar-refractivity contribution in [3.63, 3.8) is 0 Å². The van der Waals surface area contributed by atoms with Crippen molar-refractivity contribution in [1.29, 1.82) is 0 Å². The van der Waals surface area contributed by atoms with Gasteiger partial charge in [0.25, 0.3) is 0 Å². The first kappa shape index (κ1) is 33.8. The Labute approximate surface area is 232 Å². The van der Waals surface area contributed by atoms with E-state index < -0.39 is 24.3 Å². The van der Waals surface area contributed by atoms with E-state index in [0.717, 1.165) is 26.1 Å². The third kappa shape index (κ3) is 8.09. The number of piperidine rings is 1. The fraction of sp³-hybridized carbons (Fsp3) is 0.720. The number of carboxylic acids is 2. The molecule has 1 spiro atoms. The molecule has 1 aliphatic carbocycles. The van der Waals surface area contributed by atoms with E-state index in [0.29, 0.717) is 17.2 Å². The zero-order valence-electron chi connectivity index (χ0n) is 22.7. The highest BCUT2D eigenvalue weighted by molar-refractivity contribution is 7.11. The molecule has 2 saturated heterocycles. The molecule has 0 bridgehead atoms. The van der Waals surface area contributed by atoms with Gasteiger partial charge in [-0.05, 0) is 76.2 Å². The van der Waals surface area contributed by atoms with Crippen molar-refractivity contribution in [3.05, 3.63) is 21.9 Å². The maximum Gasteiger partial charge on any atom is 0.490 e. The van der Waals surface area contributed by atoms with E-state index in [-0.39, 0.29) is 5.41 Å². The Hall–Kier alpha value is -2.39. The summed E-state index contributed by atoms with van der Waals surface area (Å²) in [4.78, 5) is 40.7. The molecule has 0 aromatic carbocycles. The van der Waals surface area contributed by atoms with E-state index in [1.165, 1.54) is 42.1 Å². The van der Waals surface area contributed by atoms with E-state index in [1.54, 1.807) is 0 Å². The molecule has 2 N–H and O–H groups in total. The van der Waals surface area contributed by atoms with Gasteiger partial charge in [0.2, 0.25) is 5.91 Å². The van der Waals surface area contributed by atoms with Crippen molar-refractivity contribution in [2.45, 2.75) is 51.5 Å². The van der Waals surface area contributed by atoms with Crippen LogP contribution in [0.5, 0.6) is 0 Å². The van der Waals surface area contributed by atoms with Crippen molar-refractivity contribution < 1.29 is 50.9 Å². The summed E-state index contributed by atoms with van der Waals surface area (Å²) in [6.45, 7) is 7.71. The minimum absolute atomic E-state index is 0.120. The number of nitrogens with zero attached hydrogens (tertiary/aromatic N) is 3. The molecule has 0 unspecified atom stereocenters. The lowest BCUT2D eigenvalue weighted by Crippen LogP contribution is -2.48. The number of likely N-dealkylation sites (tertiary alicyclic amines) is 2. The first-order valence-corrected chi connectivity index (χ1v) is 13.3. The van der Waals surface area contributed by atoms with Gasteiger partial charge in [0, 0.05) is 43.5 Å². The second-order valence-electron chi connectivity index (χ2n) is 10.9. The molecular weight excluding hydrogens is 568 g/mol. The predicted molar refractivity (Wildman–Crippen MR) is 135 cm³/mol. The molecule has 2 aliphatic heterocycles. The highest BCUT2D eigenvalue weighted by atomic mass is 32.1. The Morgan fingerprint density at radius 3 is 1.88 bits per heavy atom. The molecule has 1 saturated carbocycles. The molecule has 228 valence electrons. The van der Waals surface area contributed by atoms with Gasteiger partial charge >= 0.3 is 24.3 Å². The number of rotatable bonds is 3. The highest BCUT2D eigenvalue weighted by Crippen LogP contribution is 2.62. The van der Waals surface area contributed by atoms with Crippen molar-refractivity contribution in [2.75, 3.05) is 47.3 Å². The SMILES string of the molecule is Cc1ccc(CN2CCC3(CC2)CC[C@@]2(C(=O)N(C)C)CN(C)C[C@@H]32)s1.O=C(O)C(F)(F)F.O=C(O)C(F)(F)F. The molecular formula is C25H35F6N3O5S. The second-order valence-corrected chi connectivity index (χ2v) is 12.2. The zero-order valence-corrected chi connectivity index (χ0v) is 23.5. The summed E-state index contributed by atoms with van der Waals surface area (Å²) in [5.41, 5.74) is 0.267. The van der Waals surface area contributed by atoms with Gasteiger partial charge in [-0.2, -0.15) is 26.3 Å². The van der Waals surface area contributed by atoms with Crippen LogP contribution in [0.3, 0.4) is 0 Å². The standard InChI is InChI=1S/C21H33N3OS.2C2HF3O2/c1-16-5-6-17(26-16)13-24-11-9-20(10-12-24)7-8-21(19(25)22(2)3)15-23(4)14-18(20)21;2*3-2(4,5)1(6)7/h5-6,18H,7-15H2,1-4H3;2*(H,6,7)/t18-,21+;;/m0../s1. The predicted octanol–water partition coefficient (Wildman–Crippen LogP) is 4.34. The molecule has 3 fully saturated rings. The van der Waals surface area contributed by atoms with Gasteiger partial charge in [-0.3, -0.25) is 9.69 Å². The normalized spacial score (nSPS) is 24.4. The molecule has 2 atom stereocenters. The van der Waals surface area contributed by atoms with Crippen LogP contribution in [0.2, 0.25) is 0 Å². The number of amides is 1. The molecule has 0 radical (unpaired) electrons. The smallest absolute Gasteiger partial charge is 0.475 e. The number of aryl methyl sites for hydroxylation is 1. The minimum atomic E-state index is -5.08. The summed E-state index contributed by atoms with van der Waals surface area (Å²) in [5.74, 6) is -4.60. The second kappa shape index (κ2) is 12.6. The van der Waals surface area contributed by atoms with Gasteiger partial charge in [-0.1, -0.05) is 0 Å². The van der Waals surface area contributed by atoms with Gasteiger partial charge < -0.3 is 20.0 Å². The average molecular weight is 604 g/mol. The number of hydrogen-bond acceptors (Lipinski definition) is 6. The Morgan fingerprint density at radius 2 is 1.48 bits per heavy atom. The van der Waals surface area contributed by atoms with Crippen LogP contribution in [-0.2, 0) is 20.9 Å². The number of alkyl halides is 6. The van der Waals surface area contributed by atoms with E-state index in [1.807, 2.05) is 30.3 Å². The van der Waals surface area contributed by atoms with Crippen molar-refractivity contribution in [1.82, 2.24) is 14.7 Å². The summed E-state index contributed by atoms with van der Waals surface area (Å²) >= 11 is 1.93. The molecule has 1 aromatic heterocycles. The first-order valence-electron chi connectivity index (χ1n) is 12.5. The molecule has 8 nitrogen and oxygen atoms in total. The third-order valence-corrected chi connectivity index (χ3v) is 8.85. The highest BCUT2D eigenvalue weighted by Gasteiger charge is 2.64. The lowest BCUT2D eigenvalue weighted by Gasteiger charge is -2.44. The summed E-state index contributed by atoms with van der Waals surface area (Å²) in [6.07, 6.45) is -5.31. The third-order valence-electron chi connectivity index (χ3n) is 7.87. The van der Waals surface area contributed by atoms with Crippen LogP contribution in [0, 0.1) is 23.7 Å². The Morgan fingerprint density at radius 1 is 0.975 bits per heavy atom. The number of carboxylic acid groups (broad SMARTS) is 2. The quantitative estimate of drug-likeness (QED) is 0.496. The number of carbonyl (C=O) groups excluding carboxylic acids is 1. The van der Waals surface area contributed by atoms with Crippen LogP contribution in [0.1, 0.15) is 35.4 Å². The van der Waals surface area contributed by atoms with Crippen LogP contribution in [0.4, 0.5) is 26.3 Å². The first-order chi connectivity index (χ1) is 18.2. The van der Waals surface area contributed by atoms with Crippen molar-refractivity contribution in [3.8, 4) is 0 Å². The Kier molecular flexibility index (Phi) is 10.7. The van der Waals surface area contributed by atoms with Gasteiger partial charge in [0.05, 0.1) is 5.41 Å². The number of hydrogen-bond donors (Lipinski definition) is 2. The zero-order chi connectivity index (χ0) is 30.7. The number of fused-ring (bicyclic) bond motifs is 2. The summed E-state index contributed by atoms with van der Waals surface area (Å²) in [5, 5.41) is 14.2. The van der Waals surface area contributed by atoms with Gasteiger partial charge in [-0.15, -0.1) is 11.3 Å². The minimum Gasteiger partial charge on any atom is -0.475 e. The molecule has 15 heteroatoms. The number of carbonyl (C=O) groups is 3. The molecule has 3 aliphatic rings. The fourth-order valence-corrected chi connectivity index (χ4v) is 7.07. The Bertz CT molecular complexity index is 1030. The average Bonchev–Trinajstić information content (AvgIpc) is 3.48. The lowest BCUT2D eigenvalue weighted by atomic mass is 9.65. The summed E-state index contributed by atoms with van der Waals surface area (Å²) in [7, 11) is 6.07. The van der Waals surface area contributed by atoms with Crippen molar-refractivity contribution in [2.24, 2.45) is 16.7 Å². The van der Waals surface area contributed by atoms with Gasteiger partial charge in [-0.25, -0.2) is 9.59 Å². The molecule has 4 rings (SSSR count). The van der Waals surface area contributed by atoms with E-state index >= 15 is 0 Å². The van der Waals surface area contributed by atoms with E-state index in [9.17, 15) is 31.1 Å². The van der Waals surface area contributed by atoms with Gasteiger partial charge in [0.15, 0.2) is 0 Å². The van der Waals surface area contributed by atoms with Crippen molar-refractivity contribution >= 4 is 29.2 Å². The van der Waals surface area contributed by atoms with E-state index in [2.05, 4.69) is 35.9 Å². The number of aliphatic carboxylic acids is 2. The van der Waals surface area contributed by atoms with Crippen LogP contribution in [0.25, 0.3) is 0 Å².